The largest absolute Gasteiger partial charge is 0.481 e. The van der Waals surface area contributed by atoms with Gasteiger partial charge in [0.2, 0.25) is 5.88 Å². The summed E-state index contributed by atoms with van der Waals surface area (Å²) in [7, 11) is 1.54. The highest BCUT2D eigenvalue weighted by atomic mass is 32.2. The Morgan fingerprint density at radius 2 is 1.61 bits per heavy atom. The molecule has 0 bridgehead atoms. The Labute approximate surface area is 194 Å². The number of rotatable bonds is 7. The van der Waals surface area contributed by atoms with Crippen LogP contribution >= 0.6 is 11.8 Å². The van der Waals surface area contributed by atoms with E-state index in [2.05, 4.69) is 9.97 Å². The standard InChI is InChI=1S/C22H24N2O8S/c1-12(25)29-18-11-33-22(21(31-14(3)27)20(18)30-13(2)26)32-17-7-16(8-23-10-17)15-5-6-19(28-4)24-9-15/h5-10,18,20-22H,11H2,1-4H3/t18-,20+,21-,22+/m1/s1. The average Bonchev–Trinajstić information content (AvgIpc) is 2.77. The van der Waals surface area contributed by atoms with Crippen LogP contribution in [0.25, 0.3) is 11.1 Å². The van der Waals surface area contributed by atoms with Crippen LogP contribution in [0.5, 0.6) is 11.6 Å². The van der Waals surface area contributed by atoms with Crippen molar-refractivity contribution in [1.29, 1.82) is 0 Å². The number of hydrogen-bond acceptors (Lipinski definition) is 11. The van der Waals surface area contributed by atoms with Gasteiger partial charge in [-0.2, -0.15) is 0 Å². The Hall–Kier alpha value is -3.34. The van der Waals surface area contributed by atoms with Gasteiger partial charge in [-0.15, -0.1) is 11.8 Å². The maximum Gasteiger partial charge on any atom is 0.303 e. The Kier molecular flexibility index (Phi) is 8.10. The highest BCUT2D eigenvalue weighted by molar-refractivity contribution is 7.99. The first-order chi connectivity index (χ1) is 15.8. The number of carbonyl (C=O) groups excluding carboxylic acids is 3. The molecule has 1 aliphatic rings. The van der Waals surface area contributed by atoms with E-state index in [1.807, 2.05) is 6.07 Å². The summed E-state index contributed by atoms with van der Waals surface area (Å²) in [6, 6.07) is 5.33. The molecule has 176 valence electrons. The Morgan fingerprint density at radius 1 is 0.909 bits per heavy atom. The van der Waals surface area contributed by atoms with Crippen molar-refractivity contribution in [1.82, 2.24) is 9.97 Å². The van der Waals surface area contributed by atoms with Crippen LogP contribution in [0.4, 0.5) is 0 Å². The van der Waals surface area contributed by atoms with Crippen molar-refractivity contribution in [3.05, 3.63) is 36.8 Å². The van der Waals surface area contributed by atoms with E-state index in [0.29, 0.717) is 11.6 Å². The van der Waals surface area contributed by atoms with Gasteiger partial charge in [-0.3, -0.25) is 19.4 Å². The maximum atomic E-state index is 11.8. The minimum absolute atomic E-state index is 0.273. The summed E-state index contributed by atoms with van der Waals surface area (Å²) in [4.78, 5) is 43.4. The molecule has 10 nitrogen and oxygen atoms in total. The fourth-order valence-corrected chi connectivity index (χ4v) is 4.47. The molecular weight excluding hydrogens is 452 g/mol. The molecule has 11 heteroatoms. The molecule has 0 spiro atoms. The molecular formula is C22H24N2O8S. The molecule has 0 N–H and O–H groups in total. The molecule has 2 aromatic heterocycles. The molecule has 0 unspecified atom stereocenters. The van der Waals surface area contributed by atoms with Crippen LogP contribution in [0.3, 0.4) is 0 Å². The van der Waals surface area contributed by atoms with Crippen LogP contribution in [-0.4, -0.2) is 64.5 Å². The molecule has 33 heavy (non-hydrogen) atoms. The van der Waals surface area contributed by atoms with Crippen molar-refractivity contribution in [3.63, 3.8) is 0 Å². The number of aromatic nitrogens is 2. The molecule has 2 aromatic rings. The summed E-state index contributed by atoms with van der Waals surface area (Å²) >= 11 is 1.27. The highest BCUT2D eigenvalue weighted by Crippen LogP contribution is 2.35. The molecule has 0 aliphatic carbocycles. The van der Waals surface area contributed by atoms with E-state index < -0.39 is 41.7 Å². The third-order valence-electron chi connectivity index (χ3n) is 4.55. The van der Waals surface area contributed by atoms with Crippen LogP contribution < -0.4 is 9.47 Å². The minimum atomic E-state index is -1.02. The van der Waals surface area contributed by atoms with Gasteiger partial charge in [0.1, 0.15) is 5.75 Å². The van der Waals surface area contributed by atoms with E-state index in [9.17, 15) is 14.4 Å². The molecule has 3 heterocycles. The Morgan fingerprint density at radius 3 is 2.21 bits per heavy atom. The minimum Gasteiger partial charge on any atom is -0.481 e. The zero-order valence-corrected chi connectivity index (χ0v) is 19.4. The van der Waals surface area contributed by atoms with Crippen molar-refractivity contribution in [2.75, 3.05) is 12.9 Å². The van der Waals surface area contributed by atoms with Crippen LogP contribution in [0.1, 0.15) is 20.8 Å². The van der Waals surface area contributed by atoms with Crippen molar-refractivity contribution in [3.8, 4) is 22.8 Å². The predicted octanol–water partition coefficient (Wildman–Crippen LogP) is 2.40. The monoisotopic (exact) mass is 476 g/mol. The molecule has 3 rings (SSSR count). The van der Waals surface area contributed by atoms with E-state index in [-0.39, 0.29) is 5.75 Å². The SMILES string of the molecule is COc1ccc(-c2cncc(O[C@H]3SC[C@@H](OC(C)=O)[C@H](OC(C)=O)[C@H]3OC(C)=O)c2)cn1. The summed E-state index contributed by atoms with van der Waals surface area (Å²) in [5, 5.41) is 0. The molecule has 1 saturated heterocycles. The van der Waals surface area contributed by atoms with E-state index in [4.69, 9.17) is 23.7 Å². The normalized spacial score (nSPS) is 22.1. The number of hydrogen-bond donors (Lipinski definition) is 0. The zero-order chi connectivity index (χ0) is 24.0. The number of thioether (sulfide) groups is 1. The van der Waals surface area contributed by atoms with E-state index >= 15 is 0 Å². The van der Waals surface area contributed by atoms with E-state index in [1.54, 1.807) is 24.5 Å². The fraction of sp³-hybridized carbons (Fsp3) is 0.409. The molecule has 1 fully saturated rings. The fourth-order valence-electron chi connectivity index (χ4n) is 3.26. The summed E-state index contributed by atoms with van der Waals surface area (Å²) < 4.78 is 27.3. The Bertz CT molecular complexity index is 1000. The number of ether oxygens (including phenoxy) is 5. The lowest BCUT2D eigenvalue weighted by Crippen LogP contribution is -2.55. The van der Waals surface area contributed by atoms with Gasteiger partial charge in [-0.25, -0.2) is 4.98 Å². The molecule has 0 radical (unpaired) electrons. The number of nitrogens with zero attached hydrogens (tertiary/aromatic N) is 2. The number of carbonyl (C=O) groups is 3. The molecule has 0 aromatic carbocycles. The van der Waals surface area contributed by atoms with Crippen molar-refractivity contribution in [2.45, 2.75) is 44.5 Å². The van der Waals surface area contributed by atoms with Crippen LogP contribution in [-0.2, 0) is 28.6 Å². The summed E-state index contributed by atoms with van der Waals surface area (Å²) in [5.74, 6) is -0.563. The second-order valence-corrected chi connectivity index (χ2v) is 8.25. The van der Waals surface area contributed by atoms with E-state index in [1.165, 1.54) is 45.8 Å². The lowest BCUT2D eigenvalue weighted by atomic mass is 10.1. The van der Waals surface area contributed by atoms with Crippen molar-refractivity contribution < 1.29 is 38.1 Å². The molecule has 1 aliphatic heterocycles. The first-order valence-corrected chi connectivity index (χ1v) is 11.1. The maximum absolute atomic E-state index is 11.8. The molecule has 0 amide bonds. The summed E-state index contributed by atoms with van der Waals surface area (Å²) in [6.07, 6.45) is 1.99. The summed E-state index contributed by atoms with van der Waals surface area (Å²) in [6.45, 7) is 3.72. The third-order valence-corrected chi connectivity index (χ3v) is 5.76. The third kappa shape index (κ3) is 6.58. The van der Waals surface area contributed by atoms with Crippen molar-refractivity contribution in [2.24, 2.45) is 0 Å². The molecule has 0 saturated carbocycles. The van der Waals surface area contributed by atoms with Gasteiger partial charge in [0.05, 0.1) is 13.3 Å². The quantitative estimate of drug-likeness (QED) is 0.432. The topological polar surface area (TPSA) is 123 Å². The molecule has 4 atom stereocenters. The van der Waals surface area contributed by atoms with Gasteiger partial charge in [-0.1, -0.05) is 0 Å². The van der Waals surface area contributed by atoms with E-state index in [0.717, 1.165) is 11.1 Å². The van der Waals surface area contributed by atoms with Gasteiger partial charge in [0.25, 0.3) is 0 Å². The van der Waals surface area contributed by atoms with Crippen LogP contribution in [0, 0.1) is 0 Å². The predicted molar refractivity (Wildman–Crippen MR) is 118 cm³/mol. The first kappa shape index (κ1) is 24.3. The zero-order valence-electron chi connectivity index (χ0n) is 18.5. The lowest BCUT2D eigenvalue weighted by molar-refractivity contribution is -0.186. The second-order valence-electron chi connectivity index (χ2n) is 7.11. The van der Waals surface area contributed by atoms with Gasteiger partial charge < -0.3 is 23.7 Å². The van der Waals surface area contributed by atoms with Gasteiger partial charge in [0, 0.05) is 56.1 Å². The first-order valence-electron chi connectivity index (χ1n) is 10.0. The summed E-state index contributed by atoms with van der Waals surface area (Å²) in [5.41, 5.74) is 0.812. The lowest BCUT2D eigenvalue weighted by Gasteiger charge is -2.39. The highest BCUT2D eigenvalue weighted by Gasteiger charge is 2.47. The van der Waals surface area contributed by atoms with Gasteiger partial charge in [0.15, 0.2) is 23.7 Å². The van der Waals surface area contributed by atoms with Gasteiger partial charge >= 0.3 is 17.9 Å². The number of pyridine rings is 2. The van der Waals surface area contributed by atoms with Gasteiger partial charge in [-0.05, 0) is 12.1 Å². The van der Waals surface area contributed by atoms with Crippen LogP contribution in [0.15, 0.2) is 36.8 Å². The van der Waals surface area contributed by atoms with Crippen LogP contribution in [0.2, 0.25) is 0 Å². The average molecular weight is 477 g/mol. The number of methoxy groups -OCH3 is 1. The smallest absolute Gasteiger partial charge is 0.303 e. The Balaban J connectivity index is 1.85. The van der Waals surface area contributed by atoms with Crippen molar-refractivity contribution >= 4 is 29.7 Å². The second kappa shape index (κ2) is 11.0. The number of esters is 3.